The molecule has 1 amide bonds. The number of carbonyl (C=O) groups is 1. The molecule has 1 aromatic rings. The highest BCUT2D eigenvalue weighted by Crippen LogP contribution is 2.41. The van der Waals surface area contributed by atoms with Crippen LogP contribution in [0, 0.1) is 5.92 Å². The van der Waals surface area contributed by atoms with Crippen molar-refractivity contribution in [3.63, 3.8) is 0 Å². The molecular formula is C20H27NO2. The predicted octanol–water partition coefficient (Wildman–Crippen LogP) is 3.43. The minimum Gasteiger partial charge on any atom is -0.390 e. The highest BCUT2D eigenvalue weighted by Gasteiger charge is 2.44. The molecule has 2 saturated carbocycles. The first-order chi connectivity index (χ1) is 11.0. The number of rotatable bonds is 3. The van der Waals surface area contributed by atoms with Crippen LogP contribution in [0.1, 0.15) is 68.4 Å². The van der Waals surface area contributed by atoms with Gasteiger partial charge in [0.25, 0.3) is 0 Å². The van der Waals surface area contributed by atoms with Gasteiger partial charge in [-0.1, -0.05) is 24.3 Å². The van der Waals surface area contributed by atoms with Crippen molar-refractivity contribution in [3.05, 3.63) is 35.4 Å². The Bertz CT molecular complexity index is 572. The molecule has 0 aromatic heterocycles. The van der Waals surface area contributed by atoms with E-state index in [4.69, 9.17) is 0 Å². The third-order valence-electron chi connectivity index (χ3n) is 5.98. The van der Waals surface area contributed by atoms with Gasteiger partial charge in [-0.05, 0) is 68.4 Å². The number of hydrogen-bond acceptors (Lipinski definition) is 2. The van der Waals surface area contributed by atoms with Crippen molar-refractivity contribution in [1.82, 2.24) is 4.90 Å². The third kappa shape index (κ3) is 3.16. The van der Waals surface area contributed by atoms with Crippen LogP contribution in [-0.2, 0) is 4.79 Å². The zero-order valence-electron chi connectivity index (χ0n) is 14.0. The van der Waals surface area contributed by atoms with Crippen LogP contribution in [0.4, 0.5) is 0 Å². The van der Waals surface area contributed by atoms with Crippen molar-refractivity contribution >= 4 is 5.91 Å². The minimum atomic E-state index is -0.609. The van der Waals surface area contributed by atoms with Crippen LogP contribution in [0.5, 0.6) is 0 Å². The van der Waals surface area contributed by atoms with Gasteiger partial charge in [-0.15, -0.1) is 0 Å². The predicted molar refractivity (Wildman–Crippen MR) is 90.3 cm³/mol. The van der Waals surface area contributed by atoms with E-state index < -0.39 is 5.60 Å². The number of likely N-dealkylation sites (tertiary alicyclic amines) is 1. The van der Waals surface area contributed by atoms with E-state index >= 15 is 0 Å². The average Bonchev–Trinajstić information content (AvgIpc) is 3.37. The number of amides is 1. The second-order valence-electron chi connectivity index (χ2n) is 8.14. The Labute approximate surface area is 138 Å². The van der Waals surface area contributed by atoms with E-state index in [-0.39, 0.29) is 11.8 Å². The summed E-state index contributed by atoms with van der Waals surface area (Å²) < 4.78 is 0. The van der Waals surface area contributed by atoms with E-state index in [1.165, 1.54) is 24.0 Å². The van der Waals surface area contributed by atoms with Gasteiger partial charge in [0.1, 0.15) is 0 Å². The van der Waals surface area contributed by atoms with Crippen molar-refractivity contribution in [2.24, 2.45) is 5.92 Å². The Morgan fingerprint density at radius 1 is 1.00 bits per heavy atom. The summed E-state index contributed by atoms with van der Waals surface area (Å²) in [7, 11) is 0. The Kier molecular flexibility index (Phi) is 3.72. The fraction of sp³-hybridized carbons (Fsp3) is 0.650. The summed E-state index contributed by atoms with van der Waals surface area (Å²) >= 11 is 0. The zero-order valence-corrected chi connectivity index (χ0v) is 14.0. The molecule has 3 nitrogen and oxygen atoms in total. The van der Waals surface area contributed by atoms with E-state index in [0.717, 1.165) is 31.8 Å². The summed E-state index contributed by atoms with van der Waals surface area (Å²) in [5, 5.41) is 9.82. The largest absolute Gasteiger partial charge is 0.390 e. The first-order valence-corrected chi connectivity index (χ1v) is 9.13. The van der Waals surface area contributed by atoms with Crippen molar-refractivity contribution in [2.75, 3.05) is 13.1 Å². The summed E-state index contributed by atoms with van der Waals surface area (Å²) in [5.41, 5.74) is 2.33. The van der Waals surface area contributed by atoms with Crippen LogP contribution in [-0.4, -0.2) is 34.6 Å². The summed E-state index contributed by atoms with van der Waals surface area (Å²) in [4.78, 5) is 14.5. The summed E-state index contributed by atoms with van der Waals surface area (Å²) in [5.74, 6) is 1.73. The lowest BCUT2D eigenvalue weighted by Crippen LogP contribution is -2.51. The molecule has 124 valence electrons. The summed E-state index contributed by atoms with van der Waals surface area (Å²) in [6.45, 7) is 3.56. The van der Waals surface area contributed by atoms with Crippen molar-refractivity contribution in [1.29, 1.82) is 0 Å². The van der Waals surface area contributed by atoms with Crippen LogP contribution >= 0.6 is 0 Å². The fourth-order valence-corrected chi connectivity index (χ4v) is 4.32. The second kappa shape index (κ2) is 5.62. The van der Waals surface area contributed by atoms with Gasteiger partial charge in [0.05, 0.1) is 5.60 Å². The molecule has 2 aliphatic carbocycles. The highest BCUT2D eigenvalue weighted by atomic mass is 16.3. The summed E-state index contributed by atoms with van der Waals surface area (Å²) in [6.07, 6.45) is 6.11. The average molecular weight is 313 g/mol. The van der Waals surface area contributed by atoms with Crippen molar-refractivity contribution < 1.29 is 9.90 Å². The van der Waals surface area contributed by atoms with Gasteiger partial charge in [0.15, 0.2) is 0 Å². The van der Waals surface area contributed by atoms with E-state index in [9.17, 15) is 9.90 Å². The number of hydrogen-bond donors (Lipinski definition) is 1. The molecule has 1 saturated heterocycles. The monoisotopic (exact) mass is 313 g/mol. The van der Waals surface area contributed by atoms with Gasteiger partial charge in [-0.3, -0.25) is 4.79 Å². The maximum atomic E-state index is 12.5. The fourth-order valence-electron chi connectivity index (χ4n) is 4.32. The van der Waals surface area contributed by atoms with Crippen LogP contribution in [0.25, 0.3) is 0 Å². The number of aliphatic hydroxyl groups is 1. The zero-order chi connectivity index (χ0) is 16.0. The maximum absolute atomic E-state index is 12.5. The smallest absolute Gasteiger partial charge is 0.225 e. The topological polar surface area (TPSA) is 40.5 Å². The Hall–Kier alpha value is -1.35. The van der Waals surface area contributed by atoms with Gasteiger partial charge < -0.3 is 10.0 Å². The quantitative estimate of drug-likeness (QED) is 0.929. The standard InChI is InChI=1S/C20H27NO2/c1-20(23)12-18(13-20)19(22)21-10-8-17(9-11-21)16-6-4-15(5-7-16)14-2-3-14/h4-7,14,17-18,23H,2-3,8-13H2,1H3. The molecule has 0 bridgehead atoms. The molecule has 1 heterocycles. The third-order valence-corrected chi connectivity index (χ3v) is 5.98. The Balaban J connectivity index is 1.31. The van der Waals surface area contributed by atoms with Crippen molar-refractivity contribution in [2.45, 2.75) is 62.9 Å². The van der Waals surface area contributed by atoms with Gasteiger partial charge >= 0.3 is 0 Å². The lowest BCUT2D eigenvalue weighted by Gasteiger charge is -2.43. The molecule has 1 aliphatic heterocycles. The lowest BCUT2D eigenvalue weighted by atomic mass is 9.71. The first-order valence-electron chi connectivity index (χ1n) is 9.13. The van der Waals surface area contributed by atoms with Gasteiger partial charge in [0, 0.05) is 19.0 Å². The van der Waals surface area contributed by atoms with Crippen LogP contribution in [0.15, 0.2) is 24.3 Å². The van der Waals surface area contributed by atoms with Gasteiger partial charge in [0.2, 0.25) is 5.91 Å². The molecule has 3 heteroatoms. The SMILES string of the molecule is CC1(O)CC(C(=O)N2CCC(c3ccc(C4CC4)cc3)CC2)C1. The number of piperidine rings is 1. The Morgan fingerprint density at radius 3 is 1.91 bits per heavy atom. The molecule has 23 heavy (non-hydrogen) atoms. The van der Waals surface area contributed by atoms with Gasteiger partial charge in [-0.25, -0.2) is 0 Å². The normalized spacial score (nSPS) is 31.7. The van der Waals surface area contributed by atoms with E-state index in [2.05, 4.69) is 24.3 Å². The molecule has 3 fully saturated rings. The van der Waals surface area contributed by atoms with E-state index in [1.54, 1.807) is 0 Å². The number of carbonyl (C=O) groups excluding carboxylic acids is 1. The van der Waals surface area contributed by atoms with Crippen LogP contribution in [0.2, 0.25) is 0 Å². The molecule has 4 rings (SSSR count). The summed E-state index contributed by atoms with van der Waals surface area (Å²) in [6, 6.07) is 9.22. The molecule has 1 N–H and O–H groups in total. The first kappa shape index (κ1) is 15.2. The van der Waals surface area contributed by atoms with E-state index in [0.29, 0.717) is 18.8 Å². The minimum absolute atomic E-state index is 0.0550. The molecule has 1 aromatic carbocycles. The number of nitrogens with zero attached hydrogens (tertiary/aromatic N) is 1. The lowest BCUT2D eigenvalue weighted by molar-refractivity contribution is -0.150. The molecule has 0 radical (unpaired) electrons. The molecular weight excluding hydrogens is 286 g/mol. The van der Waals surface area contributed by atoms with Gasteiger partial charge in [-0.2, -0.15) is 0 Å². The Morgan fingerprint density at radius 2 is 1.48 bits per heavy atom. The van der Waals surface area contributed by atoms with E-state index in [1.807, 2.05) is 11.8 Å². The maximum Gasteiger partial charge on any atom is 0.225 e. The highest BCUT2D eigenvalue weighted by molar-refractivity contribution is 5.80. The number of benzene rings is 1. The molecule has 3 aliphatic rings. The van der Waals surface area contributed by atoms with Crippen LogP contribution < -0.4 is 0 Å². The molecule has 0 unspecified atom stereocenters. The molecule has 0 atom stereocenters. The second-order valence-corrected chi connectivity index (χ2v) is 8.14. The van der Waals surface area contributed by atoms with Crippen molar-refractivity contribution in [3.8, 4) is 0 Å². The molecule has 0 spiro atoms. The van der Waals surface area contributed by atoms with Crippen LogP contribution in [0.3, 0.4) is 0 Å².